The van der Waals surface area contributed by atoms with E-state index in [-0.39, 0.29) is 0 Å². The highest BCUT2D eigenvalue weighted by Gasteiger charge is 2.41. The molecule has 2 N–H and O–H groups in total. The maximum Gasteiger partial charge on any atom is 0.223 e. The van der Waals surface area contributed by atoms with Crippen molar-refractivity contribution in [2.24, 2.45) is 29.4 Å². The number of hydrogen-bond donors (Lipinski definition) is 1. The summed E-state index contributed by atoms with van der Waals surface area (Å²) in [6.45, 7) is 3.83. The van der Waals surface area contributed by atoms with Gasteiger partial charge in [0, 0.05) is 19.0 Å². The third-order valence-corrected chi connectivity index (χ3v) is 5.95. The maximum absolute atomic E-state index is 12.6. The van der Waals surface area contributed by atoms with Crippen LogP contribution in [0.3, 0.4) is 0 Å². The molecule has 0 spiro atoms. The number of likely N-dealkylation sites (tertiary alicyclic amines) is 1. The second-order valence-electron chi connectivity index (χ2n) is 7.21. The molecule has 1 aliphatic heterocycles. The molecule has 108 valence electrons. The summed E-state index contributed by atoms with van der Waals surface area (Å²) < 4.78 is 0. The van der Waals surface area contributed by atoms with Gasteiger partial charge < -0.3 is 10.6 Å². The first-order valence-electron chi connectivity index (χ1n) is 8.17. The molecule has 0 aromatic heterocycles. The summed E-state index contributed by atoms with van der Waals surface area (Å²) in [4.78, 5) is 14.7. The van der Waals surface area contributed by atoms with Gasteiger partial charge in [-0.15, -0.1) is 0 Å². The minimum absolute atomic E-state index is 0.406. The van der Waals surface area contributed by atoms with E-state index in [9.17, 15) is 4.79 Å². The van der Waals surface area contributed by atoms with Crippen LogP contribution < -0.4 is 5.73 Å². The molecular formula is C16H28N2O. The van der Waals surface area contributed by atoms with E-state index in [4.69, 9.17) is 5.73 Å². The minimum atomic E-state index is 0.406. The largest absolute Gasteiger partial charge is 0.340 e. The van der Waals surface area contributed by atoms with Crippen LogP contribution in [0.25, 0.3) is 0 Å². The first-order valence-corrected chi connectivity index (χ1v) is 8.17. The quantitative estimate of drug-likeness (QED) is 0.851. The van der Waals surface area contributed by atoms with E-state index < -0.39 is 0 Å². The zero-order valence-corrected chi connectivity index (χ0v) is 12.2. The predicted octanol–water partition coefficient (Wildman–Crippen LogP) is 2.40. The highest BCUT2D eigenvalue weighted by atomic mass is 16.2. The lowest BCUT2D eigenvalue weighted by Crippen LogP contribution is -2.47. The van der Waals surface area contributed by atoms with E-state index >= 15 is 0 Å². The van der Waals surface area contributed by atoms with E-state index in [1.54, 1.807) is 0 Å². The van der Waals surface area contributed by atoms with Crippen LogP contribution >= 0.6 is 0 Å². The van der Waals surface area contributed by atoms with Crippen molar-refractivity contribution in [1.29, 1.82) is 0 Å². The summed E-state index contributed by atoms with van der Waals surface area (Å²) in [5, 5.41) is 0. The van der Waals surface area contributed by atoms with Crippen LogP contribution in [0.15, 0.2) is 0 Å². The lowest BCUT2D eigenvalue weighted by molar-refractivity contribution is -0.137. The van der Waals surface area contributed by atoms with Crippen LogP contribution in [0.5, 0.6) is 0 Å². The van der Waals surface area contributed by atoms with Gasteiger partial charge in [0.1, 0.15) is 0 Å². The third-order valence-electron chi connectivity index (χ3n) is 5.95. The van der Waals surface area contributed by atoms with Crippen LogP contribution in [-0.4, -0.2) is 29.9 Å². The molecule has 0 radical (unpaired) electrons. The summed E-state index contributed by atoms with van der Waals surface area (Å²) in [5.41, 5.74) is 5.79. The Morgan fingerprint density at radius 2 is 2.05 bits per heavy atom. The topological polar surface area (TPSA) is 46.3 Å². The summed E-state index contributed by atoms with van der Waals surface area (Å²) in [7, 11) is 0. The van der Waals surface area contributed by atoms with E-state index in [2.05, 4.69) is 11.8 Å². The van der Waals surface area contributed by atoms with Crippen LogP contribution in [0.4, 0.5) is 0 Å². The second kappa shape index (κ2) is 5.43. The molecule has 1 saturated heterocycles. The Morgan fingerprint density at radius 1 is 1.21 bits per heavy atom. The molecule has 3 rings (SSSR count). The molecule has 1 heterocycles. The Labute approximate surface area is 116 Å². The molecule has 3 aliphatic rings. The lowest BCUT2D eigenvalue weighted by atomic mass is 9.85. The van der Waals surface area contributed by atoms with E-state index in [0.717, 1.165) is 37.8 Å². The lowest BCUT2D eigenvalue weighted by Gasteiger charge is -2.38. The Hall–Kier alpha value is -0.570. The molecule has 0 aromatic carbocycles. The van der Waals surface area contributed by atoms with Gasteiger partial charge in [-0.25, -0.2) is 0 Å². The first kappa shape index (κ1) is 13.4. The van der Waals surface area contributed by atoms with E-state index in [0.29, 0.717) is 23.8 Å². The fourth-order valence-electron chi connectivity index (χ4n) is 4.69. The van der Waals surface area contributed by atoms with E-state index in [1.165, 1.54) is 32.1 Å². The summed E-state index contributed by atoms with van der Waals surface area (Å²) in [5.74, 6) is 3.43. The molecule has 5 unspecified atom stereocenters. The van der Waals surface area contributed by atoms with Crippen molar-refractivity contribution in [3.8, 4) is 0 Å². The zero-order valence-electron chi connectivity index (χ0n) is 12.2. The molecule has 2 bridgehead atoms. The van der Waals surface area contributed by atoms with Crippen LogP contribution in [0.2, 0.25) is 0 Å². The molecule has 3 heteroatoms. The number of nitrogens with zero attached hydrogens (tertiary/aromatic N) is 1. The molecule has 19 heavy (non-hydrogen) atoms. The highest BCUT2D eigenvalue weighted by molar-refractivity contribution is 5.77. The first-order chi connectivity index (χ1) is 9.17. The summed E-state index contributed by atoms with van der Waals surface area (Å²) in [6.07, 6.45) is 8.65. The Balaban J connectivity index is 1.57. The van der Waals surface area contributed by atoms with Gasteiger partial charge in [-0.2, -0.15) is 0 Å². The normalized spacial score (nSPS) is 41.8. The molecular weight excluding hydrogens is 236 g/mol. The van der Waals surface area contributed by atoms with Gasteiger partial charge in [0.2, 0.25) is 5.91 Å². The Morgan fingerprint density at radius 3 is 2.68 bits per heavy atom. The van der Waals surface area contributed by atoms with Crippen molar-refractivity contribution in [2.45, 2.75) is 57.9 Å². The van der Waals surface area contributed by atoms with Crippen molar-refractivity contribution in [3.63, 3.8) is 0 Å². The van der Waals surface area contributed by atoms with Crippen molar-refractivity contribution in [3.05, 3.63) is 0 Å². The van der Waals surface area contributed by atoms with Crippen LogP contribution in [-0.2, 0) is 4.79 Å². The van der Waals surface area contributed by atoms with Gasteiger partial charge in [-0.05, 0) is 69.2 Å². The maximum atomic E-state index is 12.6. The van der Waals surface area contributed by atoms with Crippen molar-refractivity contribution >= 4 is 5.91 Å². The molecule has 0 aromatic rings. The molecule has 5 atom stereocenters. The number of carbonyl (C=O) groups is 1. The highest BCUT2D eigenvalue weighted by Crippen LogP contribution is 2.49. The van der Waals surface area contributed by atoms with Crippen molar-refractivity contribution < 1.29 is 4.79 Å². The Bertz CT molecular complexity index is 344. The molecule has 2 saturated carbocycles. The van der Waals surface area contributed by atoms with Crippen LogP contribution in [0.1, 0.15) is 51.9 Å². The standard InChI is InChI=1S/C16H28N2O/c1-11-2-3-13(9-17)10-18(11)16(19)8-15-7-12-4-5-14(15)6-12/h11-15H,2-10,17H2,1H3. The summed E-state index contributed by atoms with van der Waals surface area (Å²) in [6, 6.07) is 0.425. The third kappa shape index (κ3) is 2.67. The van der Waals surface area contributed by atoms with Gasteiger partial charge in [0.25, 0.3) is 0 Å². The monoisotopic (exact) mass is 264 g/mol. The molecule has 2 aliphatic carbocycles. The molecule has 1 amide bonds. The zero-order chi connectivity index (χ0) is 13.4. The van der Waals surface area contributed by atoms with Gasteiger partial charge >= 0.3 is 0 Å². The van der Waals surface area contributed by atoms with E-state index in [1.807, 2.05) is 0 Å². The number of fused-ring (bicyclic) bond motifs is 2. The number of hydrogen-bond acceptors (Lipinski definition) is 2. The van der Waals surface area contributed by atoms with Gasteiger partial charge in [-0.1, -0.05) is 6.42 Å². The van der Waals surface area contributed by atoms with Crippen molar-refractivity contribution in [1.82, 2.24) is 4.90 Å². The smallest absolute Gasteiger partial charge is 0.223 e. The number of carbonyl (C=O) groups excluding carboxylic acids is 1. The van der Waals surface area contributed by atoms with Crippen LogP contribution in [0, 0.1) is 23.7 Å². The number of piperidine rings is 1. The fraction of sp³-hybridized carbons (Fsp3) is 0.938. The molecule has 3 fully saturated rings. The van der Waals surface area contributed by atoms with Crippen molar-refractivity contribution in [2.75, 3.05) is 13.1 Å². The van der Waals surface area contributed by atoms with Gasteiger partial charge in [0.05, 0.1) is 0 Å². The fourth-order valence-corrected chi connectivity index (χ4v) is 4.69. The summed E-state index contributed by atoms with van der Waals surface area (Å²) >= 11 is 0. The van der Waals surface area contributed by atoms with Gasteiger partial charge in [-0.3, -0.25) is 4.79 Å². The number of nitrogens with two attached hydrogens (primary N) is 1. The average molecular weight is 264 g/mol. The minimum Gasteiger partial charge on any atom is -0.340 e. The SMILES string of the molecule is CC1CCC(CN)CN1C(=O)CC1CC2CCC1C2. The second-order valence-corrected chi connectivity index (χ2v) is 7.21. The number of amides is 1. The predicted molar refractivity (Wildman–Crippen MR) is 76.5 cm³/mol. The molecule has 3 nitrogen and oxygen atoms in total. The van der Waals surface area contributed by atoms with Gasteiger partial charge in [0.15, 0.2) is 0 Å². The Kier molecular flexibility index (Phi) is 3.84. The average Bonchev–Trinajstić information content (AvgIpc) is 3.01. The number of rotatable bonds is 3.